The molecule has 0 fully saturated rings. The summed E-state index contributed by atoms with van der Waals surface area (Å²) in [5, 5.41) is 0.745. The Kier molecular flexibility index (Phi) is 2.24. The van der Waals surface area contributed by atoms with Gasteiger partial charge in [-0.3, -0.25) is 9.50 Å². The van der Waals surface area contributed by atoms with Crippen LogP contribution in [-0.2, 0) is 0 Å². The molecule has 0 radical (unpaired) electrons. The second-order valence-corrected chi connectivity index (χ2v) is 2.39. The minimum atomic E-state index is 0. The summed E-state index contributed by atoms with van der Waals surface area (Å²) in [4.78, 5) is 14.2. The van der Waals surface area contributed by atoms with Crippen LogP contribution in [0.5, 0.6) is 0 Å². The lowest BCUT2D eigenvalue weighted by Crippen LogP contribution is -1.98. The molecule has 0 saturated carbocycles. The lowest BCUT2D eigenvalue weighted by atomic mass is 10.2. The Hall–Kier alpha value is -1.64. The summed E-state index contributed by atoms with van der Waals surface area (Å²) in [6.45, 7) is 0. The number of nitrogens with one attached hydrogen (secondary N) is 1. The van der Waals surface area contributed by atoms with E-state index in [0.717, 1.165) is 10.9 Å². The molecule has 3 heteroatoms. The third-order valence-electron chi connectivity index (χ3n) is 1.67. The van der Waals surface area contributed by atoms with E-state index >= 15 is 0 Å². The minimum Gasteiger partial charge on any atom is -0.361 e. The molecule has 0 unspecified atom stereocenters. The SMILES string of the molecule is F.O=c1cc[nH]c2ccccc12. The summed E-state index contributed by atoms with van der Waals surface area (Å²) in [6, 6.07) is 8.99. The van der Waals surface area contributed by atoms with E-state index in [1.54, 1.807) is 6.20 Å². The van der Waals surface area contributed by atoms with Crippen LogP contribution in [0.3, 0.4) is 0 Å². The molecule has 0 atom stereocenters. The topological polar surface area (TPSA) is 32.9 Å². The summed E-state index contributed by atoms with van der Waals surface area (Å²) >= 11 is 0. The highest BCUT2D eigenvalue weighted by molar-refractivity contribution is 5.77. The number of para-hydroxylation sites is 1. The summed E-state index contributed by atoms with van der Waals surface area (Å²) in [7, 11) is 0. The van der Waals surface area contributed by atoms with Gasteiger partial charge in [-0.05, 0) is 12.1 Å². The standard InChI is InChI=1S/C9H7NO.FH/c11-9-5-6-10-8-4-2-1-3-7(8)9;/h1-6H,(H,10,11);1H. The second-order valence-electron chi connectivity index (χ2n) is 2.39. The van der Waals surface area contributed by atoms with Crippen LogP contribution in [0.4, 0.5) is 4.70 Å². The zero-order chi connectivity index (χ0) is 7.68. The highest BCUT2D eigenvalue weighted by atomic mass is 19.0. The number of aromatic amines is 1. The van der Waals surface area contributed by atoms with Crippen LogP contribution in [0.2, 0.25) is 0 Å². The molecule has 2 rings (SSSR count). The Balaban J connectivity index is 0.000000720. The first-order chi connectivity index (χ1) is 5.38. The first-order valence-corrected chi connectivity index (χ1v) is 3.44. The molecule has 0 aliphatic rings. The Bertz CT molecular complexity index is 430. The fourth-order valence-corrected chi connectivity index (χ4v) is 1.12. The van der Waals surface area contributed by atoms with Crippen molar-refractivity contribution in [1.29, 1.82) is 0 Å². The molecule has 2 aromatic rings. The van der Waals surface area contributed by atoms with Gasteiger partial charge in [0.2, 0.25) is 0 Å². The normalized spacial score (nSPS) is 9.33. The molecular weight excluding hydrogens is 157 g/mol. The van der Waals surface area contributed by atoms with Crippen molar-refractivity contribution in [3.63, 3.8) is 0 Å². The lowest BCUT2D eigenvalue weighted by molar-refractivity contribution is 1.11. The molecular formula is C9H8FNO. The number of fused-ring (bicyclic) bond motifs is 1. The zero-order valence-corrected chi connectivity index (χ0v) is 6.28. The van der Waals surface area contributed by atoms with Crippen LogP contribution < -0.4 is 5.43 Å². The summed E-state index contributed by atoms with van der Waals surface area (Å²) in [5.74, 6) is 0. The van der Waals surface area contributed by atoms with Gasteiger partial charge in [0.25, 0.3) is 0 Å². The monoisotopic (exact) mass is 165 g/mol. The minimum absolute atomic E-state index is 0. The van der Waals surface area contributed by atoms with Gasteiger partial charge in [-0.15, -0.1) is 0 Å². The van der Waals surface area contributed by atoms with Gasteiger partial charge in [-0.1, -0.05) is 12.1 Å². The van der Waals surface area contributed by atoms with Crippen molar-refractivity contribution in [2.75, 3.05) is 0 Å². The number of hydrogen-bond acceptors (Lipinski definition) is 1. The first-order valence-electron chi connectivity index (χ1n) is 3.44. The maximum Gasteiger partial charge on any atom is 0.189 e. The molecule has 1 aromatic heterocycles. The number of aromatic nitrogens is 1. The van der Waals surface area contributed by atoms with Crippen molar-refractivity contribution < 1.29 is 4.70 Å². The Morgan fingerprint density at radius 2 is 1.83 bits per heavy atom. The number of halogens is 1. The summed E-state index contributed by atoms with van der Waals surface area (Å²) in [6.07, 6.45) is 1.66. The van der Waals surface area contributed by atoms with Gasteiger partial charge in [0.15, 0.2) is 5.43 Å². The van der Waals surface area contributed by atoms with Gasteiger partial charge in [0, 0.05) is 23.2 Å². The second kappa shape index (κ2) is 3.17. The van der Waals surface area contributed by atoms with Crippen LogP contribution in [-0.4, -0.2) is 4.98 Å². The van der Waals surface area contributed by atoms with E-state index in [4.69, 9.17) is 0 Å². The fourth-order valence-electron chi connectivity index (χ4n) is 1.12. The van der Waals surface area contributed by atoms with Gasteiger partial charge in [-0.2, -0.15) is 0 Å². The predicted molar refractivity (Wildman–Crippen MR) is 47.1 cm³/mol. The van der Waals surface area contributed by atoms with Crippen LogP contribution in [0, 0.1) is 0 Å². The molecule has 1 heterocycles. The number of benzene rings is 1. The van der Waals surface area contributed by atoms with Crippen LogP contribution in [0.25, 0.3) is 10.9 Å². The maximum absolute atomic E-state index is 11.2. The van der Waals surface area contributed by atoms with Gasteiger partial charge >= 0.3 is 0 Å². The van der Waals surface area contributed by atoms with Crippen molar-refractivity contribution >= 4 is 10.9 Å². The molecule has 1 aromatic carbocycles. The molecule has 0 amide bonds. The largest absolute Gasteiger partial charge is 0.361 e. The average Bonchev–Trinajstić information content (AvgIpc) is 2.06. The van der Waals surface area contributed by atoms with Gasteiger partial charge in [0.05, 0.1) is 0 Å². The third-order valence-corrected chi connectivity index (χ3v) is 1.67. The van der Waals surface area contributed by atoms with Gasteiger partial charge in [-0.25, -0.2) is 0 Å². The highest BCUT2D eigenvalue weighted by Crippen LogP contribution is 2.03. The van der Waals surface area contributed by atoms with Gasteiger partial charge < -0.3 is 4.98 Å². The Morgan fingerprint density at radius 3 is 2.58 bits per heavy atom. The van der Waals surface area contributed by atoms with Crippen molar-refractivity contribution in [2.24, 2.45) is 0 Å². The van der Waals surface area contributed by atoms with E-state index in [2.05, 4.69) is 4.98 Å². The van der Waals surface area contributed by atoms with E-state index in [-0.39, 0.29) is 10.1 Å². The molecule has 0 saturated heterocycles. The molecule has 0 spiro atoms. The van der Waals surface area contributed by atoms with E-state index in [1.807, 2.05) is 24.3 Å². The smallest absolute Gasteiger partial charge is 0.189 e. The number of rotatable bonds is 0. The van der Waals surface area contributed by atoms with Crippen LogP contribution in [0.15, 0.2) is 41.3 Å². The van der Waals surface area contributed by atoms with Crippen LogP contribution in [0.1, 0.15) is 0 Å². The Labute approximate surface area is 68.2 Å². The van der Waals surface area contributed by atoms with E-state index in [1.165, 1.54) is 6.07 Å². The molecule has 0 aliphatic heterocycles. The van der Waals surface area contributed by atoms with Crippen molar-refractivity contribution in [3.8, 4) is 0 Å². The van der Waals surface area contributed by atoms with E-state index in [0.29, 0.717) is 0 Å². The highest BCUT2D eigenvalue weighted by Gasteiger charge is 1.92. The van der Waals surface area contributed by atoms with Crippen molar-refractivity contribution in [2.45, 2.75) is 0 Å². The zero-order valence-electron chi connectivity index (χ0n) is 6.28. The summed E-state index contributed by atoms with van der Waals surface area (Å²) < 4.78 is 0. The summed E-state index contributed by atoms with van der Waals surface area (Å²) in [5.41, 5.74) is 0.958. The molecule has 2 nitrogen and oxygen atoms in total. The number of pyridine rings is 1. The predicted octanol–water partition coefficient (Wildman–Crippen LogP) is 1.68. The van der Waals surface area contributed by atoms with Crippen molar-refractivity contribution in [3.05, 3.63) is 46.8 Å². The fraction of sp³-hybridized carbons (Fsp3) is 0. The number of hydrogen-bond donors (Lipinski definition) is 1. The van der Waals surface area contributed by atoms with E-state index < -0.39 is 0 Å². The first kappa shape index (κ1) is 8.46. The van der Waals surface area contributed by atoms with Crippen molar-refractivity contribution in [1.82, 2.24) is 4.98 Å². The van der Waals surface area contributed by atoms with E-state index in [9.17, 15) is 4.79 Å². The van der Waals surface area contributed by atoms with Crippen LogP contribution >= 0.6 is 0 Å². The average molecular weight is 165 g/mol. The molecule has 0 aliphatic carbocycles. The molecule has 12 heavy (non-hydrogen) atoms. The quantitative estimate of drug-likeness (QED) is 0.633. The Morgan fingerprint density at radius 1 is 1.08 bits per heavy atom. The molecule has 0 bridgehead atoms. The lowest BCUT2D eigenvalue weighted by Gasteiger charge is -1.92. The van der Waals surface area contributed by atoms with Gasteiger partial charge in [0.1, 0.15) is 0 Å². The molecule has 62 valence electrons. The maximum atomic E-state index is 11.2. The number of H-pyrrole nitrogens is 1. The molecule has 1 N–H and O–H groups in total. The third kappa shape index (κ3) is 1.21.